The summed E-state index contributed by atoms with van der Waals surface area (Å²) < 4.78 is 36.6. The molecule has 0 unspecified atom stereocenters. The van der Waals surface area contributed by atoms with E-state index >= 15 is 0 Å². The minimum absolute atomic E-state index is 0.0134. The lowest BCUT2D eigenvalue weighted by molar-refractivity contribution is 0.0597. The molecule has 0 aromatic heterocycles. The highest BCUT2D eigenvalue weighted by Crippen LogP contribution is 2.21. The predicted octanol–water partition coefficient (Wildman–Crippen LogP) is 3.18. The van der Waals surface area contributed by atoms with Gasteiger partial charge in [0.15, 0.2) is 11.6 Å². The molecule has 5 nitrogen and oxygen atoms in total. The number of aliphatic hydroxyl groups excluding tert-OH is 1. The molecule has 0 aliphatic heterocycles. The van der Waals surface area contributed by atoms with Crippen LogP contribution in [0.5, 0.6) is 5.75 Å². The first-order chi connectivity index (χ1) is 12.8. The number of esters is 1. The van der Waals surface area contributed by atoms with Gasteiger partial charge in [0.05, 0.1) is 12.7 Å². The molecule has 146 valence electrons. The molecule has 0 fully saturated rings. The number of benzene rings is 2. The number of aliphatic hydroxyl groups is 1. The number of likely N-dealkylation sites (N-methyl/N-ethyl adjacent to an activating group) is 1. The van der Waals surface area contributed by atoms with E-state index in [4.69, 9.17) is 4.74 Å². The molecule has 2 rings (SSSR count). The average molecular weight is 379 g/mol. The van der Waals surface area contributed by atoms with Gasteiger partial charge in [0, 0.05) is 12.6 Å². The largest absolute Gasteiger partial charge is 0.491 e. The summed E-state index contributed by atoms with van der Waals surface area (Å²) in [6.07, 6.45) is -0.815. The molecule has 0 saturated carbocycles. The zero-order valence-corrected chi connectivity index (χ0v) is 15.5. The smallest absolute Gasteiger partial charge is 0.337 e. The highest BCUT2D eigenvalue weighted by molar-refractivity contribution is 5.89. The van der Waals surface area contributed by atoms with Gasteiger partial charge in [-0.25, -0.2) is 13.6 Å². The fraction of sp³-hybridized carbons (Fsp3) is 0.350. The number of halogens is 2. The van der Waals surface area contributed by atoms with E-state index in [9.17, 15) is 18.7 Å². The Morgan fingerprint density at radius 1 is 1.19 bits per heavy atom. The van der Waals surface area contributed by atoms with Gasteiger partial charge in [-0.3, -0.25) is 4.90 Å². The summed E-state index contributed by atoms with van der Waals surface area (Å²) in [5.41, 5.74) is 0.962. The van der Waals surface area contributed by atoms with E-state index in [1.54, 1.807) is 25.2 Å². The van der Waals surface area contributed by atoms with Crippen molar-refractivity contribution >= 4 is 5.97 Å². The summed E-state index contributed by atoms with van der Waals surface area (Å²) in [4.78, 5) is 13.3. The monoisotopic (exact) mass is 379 g/mol. The maximum Gasteiger partial charge on any atom is 0.337 e. The van der Waals surface area contributed by atoms with Gasteiger partial charge in [-0.05, 0) is 49.9 Å². The number of hydrogen-bond acceptors (Lipinski definition) is 5. The van der Waals surface area contributed by atoms with E-state index in [1.807, 2.05) is 11.8 Å². The third kappa shape index (κ3) is 5.74. The van der Waals surface area contributed by atoms with Crippen molar-refractivity contribution in [3.63, 3.8) is 0 Å². The molecule has 0 radical (unpaired) electrons. The molecular weight excluding hydrogens is 356 g/mol. The van der Waals surface area contributed by atoms with Crippen LogP contribution in [0.4, 0.5) is 8.78 Å². The summed E-state index contributed by atoms with van der Waals surface area (Å²) in [5.74, 6) is -1.83. The Morgan fingerprint density at radius 2 is 1.93 bits per heavy atom. The zero-order valence-electron chi connectivity index (χ0n) is 15.5. The number of carbonyl (C=O) groups excluding carboxylic acids is 1. The maximum absolute atomic E-state index is 13.4. The molecule has 0 heterocycles. The molecule has 0 aliphatic carbocycles. The van der Waals surface area contributed by atoms with Crippen LogP contribution in [0.3, 0.4) is 0 Å². The van der Waals surface area contributed by atoms with E-state index < -0.39 is 23.7 Å². The number of nitrogens with zero attached hydrogens (tertiary/aromatic N) is 1. The second-order valence-electron chi connectivity index (χ2n) is 6.27. The number of methoxy groups -OCH3 is 1. The van der Waals surface area contributed by atoms with Crippen LogP contribution in [0, 0.1) is 11.6 Å². The van der Waals surface area contributed by atoms with Crippen molar-refractivity contribution in [2.75, 3.05) is 27.3 Å². The Labute approximate surface area is 157 Å². The van der Waals surface area contributed by atoms with E-state index in [1.165, 1.54) is 19.2 Å². The molecule has 0 bridgehead atoms. The summed E-state index contributed by atoms with van der Waals surface area (Å²) >= 11 is 0. The van der Waals surface area contributed by atoms with Crippen molar-refractivity contribution in [1.82, 2.24) is 4.90 Å². The van der Waals surface area contributed by atoms with Crippen molar-refractivity contribution in [3.8, 4) is 5.75 Å². The van der Waals surface area contributed by atoms with Crippen LogP contribution < -0.4 is 4.74 Å². The normalized spacial score (nSPS) is 13.3. The summed E-state index contributed by atoms with van der Waals surface area (Å²) in [7, 11) is 3.07. The van der Waals surface area contributed by atoms with Gasteiger partial charge >= 0.3 is 5.97 Å². The Balaban J connectivity index is 1.90. The highest BCUT2D eigenvalue weighted by Gasteiger charge is 2.17. The molecule has 0 spiro atoms. The molecule has 2 aromatic rings. The van der Waals surface area contributed by atoms with Crippen LogP contribution in [0.15, 0.2) is 42.5 Å². The summed E-state index contributed by atoms with van der Waals surface area (Å²) in [5, 5.41) is 10.2. The Morgan fingerprint density at radius 3 is 2.59 bits per heavy atom. The Bertz CT molecular complexity index is 784. The van der Waals surface area contributed by atoms with Crippen LogP contribution in [0.2, 0.25) is 0 Å². The molecule has 2 atom stereocenters. The average Bonchev–Trinajstić information content (AvgIpc) is 2.67. The first-order valence-electron chi connectivity index (χ1n) is 8.46. The molecule has 0 aliphatic rings. The minimum Gasteiger partial charge on any atom is -0.491 e. The topological polar surface area (TPSA) is 59.0 Å². The van der Waals surface area contributed by atoms with Crippen LogP contribution in [0.25, 0.3) is 0 Å². The number of ether oxygens (including phenoxy) is 2. The highest BCUT2D eigenvalue weighted by atomic mass is 19.2. The van der Waals surface area contributed by atoms with Gasteiger partial charge in [0.1, 0.15) is 18.5 Å². The lowest BCUT2D eigenvalue weighted by Gasteiger charge is -2.27. The second-order valence-corrected chi connectivity index (χ2v) is 6.27. The SMILES string of the molecule is COC(=O)c1cccc(OC[C@H](O)CN(C)[C@H](C)c2ccc(F)c(F)c2)c1. The van der Waals surface area contributed by atoms with E-state index in [0.717, 1.165) is 12.1 Å². The van der Waals surface area contributed by atoms with Crippen LogP contribution in [0.1, 0.15) is 28.9 Å². The van der Waals surface area contributed by atoms with Gasteiger partial charge in [-0.1, -0.05) is 12.1 Å². The van der Waals surface area contributed by atoms with Crippen molar-refractivity contribution < 1.29 is 28.2 Å². The van der Waals surface area contributed by atoms with Crippen LogP contribution in [-0.4, -0.2) is 49.4 Å². The maximum atomic E-state index is 13.4. The molecule has 7 heteroatoms. The number of rotatable bonds is 8. The first kappa shape index (κ1) is 20.8. The number of carbonyl (C=O) groups is 1. The minimum atomic E-state index is -0.901. The van der Waals surface area contributed by atoms with Gasteiger partial charge in [0.25, 0.3) is 0 Å². The van der Waals surface area contributed by atoms with E-state index in [-0.39, 0.29) is 19.2 Å². The lowest BCUT2D eigenvalue weighted by atomic mass is 10.1. The molecule has 0 amide bonds. The fourth-order valence-electron chi connectivity index (χ4n) is 2.59. The fourth-order valence-corrected chi connectivity index (χ4v) is 2.59. The van der Waals surface area contributed by atoms with E-state index in [2.05, 4.69) is 4.74 Å². The molecule has 2 aromatic carbocycles. The molecule has 0 saturated heterocycles. The van der Waals surface area contributed by atoms with Crippen molar-refractivity contribution in [1.29, 1.82) is 0 Å². The predicted molar refractivity (Wildman–Crippen MR) is 96.7 cm³/mol. The quantitative estimate of drug-likeness (QED) is 0.714. The lowest BCUT2D eigenvalue weighted by Crippen LogP contribution is -2.34. The van der Waals surface area contributed by atoms with E-state index in [0.29, 0.717) is 16.9 Å². The molecule has 27 heavy (non-hydrogen) atoms. The zero-order chi connectivity index (χ0) is 20.0. The van der Waals surface area contributed by atoms with Gasteiger partial charge < -0.3 is 14.6 Å². The van der Waals surface area contributed by atoms with Crippen molar-refractivity contribution in [2.24, 2.45) is 0 Å². The number of hydrogen-bond donors (Lipinski definition) is 1. The summed E-state index contributed by atoms with van der Waals surface area (Å²) in [6, 6.07) is 10.00. The van der Waals surface area contributed by atoms with Crippen molar-refractivity contribution in [2.45, 2.75) is 19.1 Å². The van der Waals surface area contributed by atoms with Gasteiger partial charge in [-0.2, -0.15) is 0 Å². The Kier molecular flexibility index (Phi) is 7.27. The molecule has 1 N–H and O–H groups in total. The van der Waals surface area contributed by atoms with Gasteiger partial charge in [0.2, 0.25) is 0 Å². The first-order valence-corrected chi connectivity index (χ1v) is 8.46. The molecular formula is C20H23F2NO4. The third-order valence-electron chi connectivity index (χ3n) is 4.28. The second kappa shape index (κ2) is 9.43. The van der Waals surface area contributed by atoms with Gasteiger partial charge in [-0.15, -0.1) is 0 Å². The van der Waals surface area contributed by atoms with Crippen molar-refractivity contribution in [3.05, 3.63) is 65.2 Å². The summed E-state index contributed by atoms with van der Waals surface area (Å²) in [6.45, 7) is 2.11. The van der Waals surface area contributed by atoms with Crippen LogP contribution in [-0.2, 0) is 4.74 Å². The van der Waals surface area contributed by atoms with Crippen LogP contribution >= 0.6 is 0 Å². The third-order valence-corrected chi connectivity index (χ3v) is 4.28. The Hall–Kier alpha value is -2.51. The standard InChI is InChI=1S/C20H23F2NO4/c1-13(14-7-8-18(21)19(22)10-14)23(2)11-16(24)12-27-17-6-4-5-15(9-17)20(25)26-3/h4-10,13,16,24H,11-12H2,1-3H3/t13-,16-/m1/s1.